The number of hydrogen-bond donors (Lipinski definition) is 2. The molecule has 0 heterocycles. The minimum absolute atomic E-state index is 0.205. The average molecular weight is 336 g/mol. The summed E-state index contributed by atoms with van der Waals surface area (Å²) < 4.78 is 27.8. The molecule has 1 aromatic carbocycles. The van der Waals surface area contributed by atoms with Gasteiger partial charge in [0.25, 0.3) is 0 Å². The van der Waals surface area contributed by atoms with Crippen molar-refractivity contribution in [3.63, 3.8) is 0 Å². The van der Waals surface area contributed by atoms with E-state index in [1.54, 1.807) is 19.1 Å². The molecule has 0 aliphatic carbocycles. The fraction of sp³-hybridized carbons (Fsp3) is 0.500. The predicted octanol–water partition coefficient (Wildman–Crippen LogP) is 2.20. The second-order valence-electron chi connectivity index (χ2n) is 4.59. The number of nitrogens with one attached hydrogen (secondary N) is 1. The first-order valence-corrected chi connectivity index (χ1v) is 7.93. The molecule has 0 aliphatic rings. The highest BCUT2D eigenvalue weighted by atomic mass is 79.9. The van der Waals surface area contributed by atoms with Gasteiger partial charge in [0.2, 0.25) is 10.0 Å². The summed E-state index contributed by atoms with van der Waals surface area (Å²) in [6, 6.07) is 4.83. The van der Waals surface area contributed by atoms with Crippen molar-refractivity contribution in [2.24, 2.45) is 0 Å². The Hall–Kier alpha value is -0.430. The van der Waals surface area contributed by atoms with E-state index in [1.807, 2.05) is 13.8 Å². The van der Waals surface area contributed by atoms with Crippen molar-refractivity contribution >= 4 is 26.0 Å². The van der Waals surface area contributed by atoms with Gasteiger partial charge < -0.3 is 5.11 Å². The molecule has 4 nitrogen and oxygen atoms in total. The Labute approximate surface area is 117 Å². The van der Waals surface area contributed by atoms with Crippen LogP contribution >= 0.6 is 15.9 Å². The Morgan fingerprint density at radius 1 is 1.44 bits per heavy atom. The molecule has 0 spiro atoms. The average Bonchev–Trinajstić information content (AvgIpc) is 2.32. The van der Waals surface area contributed by atoms with Crippen LogP contribution in [0.2, 0.25) is 0 Å². The van der Waals surface area contributed by atoms with Gasteiger partial charge in [-0.05, 0) is 44.0 Å². The summed E-state index contributed by atoms with van der Waals surface area (Å²) in [6.07, 6.45) is 0.512. The zero-order chi connectivity index (χ0) is 14.0. The van der Waals surface area contributed by atoms with Crippen LogP contribution in [0.5, 0.6) is 0 Å². The van der Waals surface area contributed by atoms with Gasteiger partial charge in [-0.1, -0.05) is 22.9 Å². The van der Waals surface area contributed by atoms with Crippen molar-refractivity contribution in [3.05, 3.63) is 28.2 Å². The largest absolute Gasteiger partial charge is 0.394 e. The van der Waals surface area contributed by atoms with Crippen LogP contribution in [0.15, 0.2) is 27.6 Å². The minimum Gasteiger partial charge on any atom is -0.394 e. The Morgan fingerprint density at radius 2 is 2.06 bits per heavy atom. The third-order valence-electron chi connectivity index (χ3n) is 2.95. The minimum atomic E-state index is -3.61. The lowest BCUT2D eigenvalue weighted by atomic mass is 10.0. The maximum Gasteiger partial charge on any atom is 0.241 e. The van der Waals surface area contributed by atoms with Crippen LogP contribution in [-0.4, -0.2) is 25.7 Å². The van der Waals surface area contributed by atoms with Gasteiger partial charge in [0, 0.05) is 4.47 Å². The SMILES string of the molecule is CCC(C)(CO)NS(=O)(=O)c1ccc(Br)c(C)c1. The molecule has 1 rings (SSSR count). The van der Waals surface area contributed by atoms with E-state index in [-0.39, 0.29) is 11.5 Å². The topological polar surface area (TPSA) is 66.4 Å². The van der Waals surface area contributed by atoms with Crippen LogP contribution in [0.3, 0.4) is 0 Å². The van der Waals surface area contributed by atoms with Gasteiger partial charge in [-0.2, -0.15) is 0 Å². The van der Waals surface area contributed by atoms with E-state index in [0.29, 0.717) is 6.42 Å². The third-order valence-corrected chi connectivity index (χ3v) is 5.48. The van der Waals surface area contributed by atoms with E-state index in [0.717, 1.165) is 10.0 Å². The normalized spacial score (nSPS) is 15.4. The lowest BCUT2D eigenvalue weighted by Gasteiger charge is -2.26. The van der Waals surface area contributed by atoms with Gasteiger partial charge in [0.15, 0.2) is 0 Å². The van der Waals surface area contributed by atoms with Crippen molar-refractivity contribution in [2.75, 3.05) is 6.61 Å². The number of aliphatic hydroxyl groups is 1. The van der Waals surface area contributed by atoms with Crippen LogP contribution in [0.4, 0.5) is 0 Å². The van der Waals surface area contributed by atoms with E-state index in [2.05, 4.69) is 20.7 Å². The molecular weight excluding hydrogens is 318 g/mol. The molecule has 1 unspecified atom stereocenters. The zero-order valence-corrected chi connectivity index (χ0v) is 13.1. The van der Waals surface area contributed by atoms with Crippen LogP contribution in [-0.2, 0) is 10.0 Å². The molecular formula is C12H18BrNO3S. The van der Waals surface area contributed by atoms with Gasteiger partial charge in [-0.15, -0.1) is 0 Å². The first-order valence-electron chi connectivity index (χ1n) is 5.65. The molecule has 0 radical (unpaired) electrons. The van der Waals surface area contributed by atoms with Crippen LogP contribution in [0.1, 0.15) is 25.8 Å². The quantitative estimate of drug-likeness (QED) is 0.866. The van der Waals surface area contributed by atoms with E-state index in [4.69, 9.17) is 0 Å². The fourth-order valence-corrected chi connectivity index (χ4v) is 3.19. The highest BCUT2D eigenvalue weighted by Gasteiger charge is 2.28. The highest BCUT2D eigenvalue weighted by Crippen LogP contribution is 2.21. The van der Waals surface area contributed by atoms with Gasteiger partial charge in [0.1, 0.15) is 0 Å². The van der Waals surface area contributed by atoms with E-state index in [1.165, 1.54) is 6.07 Å². The molecule has 102 valence electrons. The van der Waals surface area contributed by atoms with Crippen LogP contribution in [0.25, 0.3) is 0 Å². The van der Waals surface area contributed by atoms with Crippen molar-refractivity contribution in [1.82, 2.24) is 4.72 Å². The Bertz CT molecular complexity index is 524. The van der Waals surface area contributed by atoms with Crippen LogP contribution in [0, 0.1) is 6.92 Å². The summed E-state index contributed by atoms with van der Waals surface area (Å²) in [5.41, 5.74) is 0.0138. The second kappa shape index (κ2) is 5.69. The molecule has 18 heavy (non-hydrogen) atoms. The Kier molecular flexibility index (Phi) is 4.94. The Balaban J connectivity index is 3.10. The number of halogens is 1. The lowest BCUT2D eigenvalue weighted by molar-refractivity contribution is 0.191. The molecule has 0 aliphatic heterocycles. The lowest BCUT2D eigenvalue weighted by Crippen LogP contribution is -2.48. The maximum atomic E-state index is 12.2. The molecule has 1 atom stereocenters. The maximum absolute atomic E-state index is 12.2. The van der Waals surface area contributed by atoms with Gasteiger partial charge in [0.05, 0.1) is 17.0 Å². The number of rotatable bonds is 5. The first kappa shape index (κ1) is 15.6. The number of hydrogen-bond acceptors (Lipinski definition) is 3. The molecule has 0 aromatic heterocycles. The molecule has 6 heteroatoms. The van der Waals surface area contributed by atoms with Gasteiger partial charge in [-0.3, -0.25) is 0 Å². The molecule has 0 saturated carbocycles. The first-order chi connectivity index (χ1) is 8.24. The summed E-state index contributed by atoms with van der Waals surface area (Å²) in [4.78, 5) is 0.205. The predicted molar refractivity (Wildman–Crippen MR) is 75.0 cm³/mol. The smallest absolute Gasteiger partial charge is 0.241 e. The molecule has 1 aromatic rings. The summed E-state index contributed by atoms with van der Waals surface area (Å²) in [7, 11) is -3.61. The van der Waals surface area contributed by atoms with E-state index < -0.39 is 15.6 Å². The molecule has 0 amide bonds. The number of benzene rings is 1. The Morgan fingerprint density at radius 3 is 2.50 bits per heavy atom. The number of aliphatic hydroxyl groups excluding tert-OH is 1. The molecule has 2 N–H and O–H groups in total. The summed E-state index contributed by atoms with van der Waals surface area (Å²) >= 11 is 3.33. The fourth-order valence-electron chi connectivity index (χ4n) is 1.38. The van der Waals surface area contributed by atoms with Crippen molar-refractivity contribution in [2.45, 2.75) is 37.6 Å². The summed E-state index contributed by atoms with van der Waals surface area (Å²) in [5.74, 6) is 0. The van der Waals surface area contributed by atoms with E-state index >= 15 is 0 Å². The van der Waals surface area contributed by atoms with Crippen LogP contribution < -0.4 is 4.72 Å². The molecule has 0 saturated heterocycles. The van der Waals surface area contributed by atoms with Crippen molar-refractivity contribution in [3.8, 4) is 0 Å². The highest BCUT2D eigenvalue weighted by molar-refractivity contribution is 9.10. The standard InChI is InChI=1S/C12H18BrNO3S/c1-4-12(3,8-15)14-18(16,17)10-5-6-11(13)9(2)7-10/h5-7,14-15H,4,8H2,1-3H3. The molecule has 0 bridgehead atoms. The summed E-state index contributed by atoms with van der Waals surface area (Å²) in [5, 5.41) is 9.26. The number of sulfonamides is 1. The monoisotopic (exact) mass is 335 g/mol. The third kappa shape index (κ3) is 3.54. The van der Waals surface area contributed by atoms with Gasteiger partial charge in [-0.25, -0.2) is 13.1 Å². The van der Waals surface area contributed by atoms with Crippen molar-refractivity contribution in [1.29, 1.82) is 0 Å². The zero-order valence-electron chi connectivity index (χ0n) is 10.7. The summed E-state index contributed by atoms with van der Waals surface area (Å²) in [6.45, 7) is 5.09. The number of aryl methyl sites for hydroxylation is 1. The van der Waals surface area contributed by atoms with Gasteiger partial charge >= 0.3 is 0 Å². The molecule has 0 fully saturated rings. The second-order valence-corrected chi connectivity index (χ2v) is 7.13. The van der Waals surface area contributed by atoms with Crippen molar-refractivity contribution < 1.29 is 13.5 Å². The van der Waals surface area contributed by atoms with E-state index in [9.17, 15) is 13.5 Å².